The van der Waals surface area contributed by atoms with Crippen LogP contribution in [0.25, 0.3) is 0 Å². The number of hydrogen-bond acceptors (Lipinski definition) is 6. The van der Waals surface area contributed by atoms with E-state index in [4.69, 9.17) is 21.1 Å². The van der Waals surface area contributed by atoms with E-state index in [1.54, 1.807) is 38.5 Å². The van der Waals surface area contributed by atoms with Gasteiger partial charge in [-0.15, -0.1) is 0 Å². The highest BCUT2D eigenvalue weighted by atomic mass is 35.5. The Morgan fingerprint density at radius 3 is 2.52 bits per heavy atom. The Morgan fingerprint density at radius 2 is 1.84 bits per heavy atom. The smallest absolute Gasteiger partial charge is 0.257 e. The van der Waals surface area contributed by atoms with E-state index in [9.17, 15) is 14.7 Å². The molecule has 3 rings (SSSR count). The fourth-order valence-corrected chi connectivity index (χ4v) is 4.22. The van der Waals surface area contributed by atoms with Gasteiger partial charge in [-0.2, -0.15) is 4.99 Å². The Labute approximate surface area is 190 Å². The van der Waals surface area contributed by atoms with Crippen molar-refractivity contribution in [3.05, 3.63) is 58.6 Å². The summed E-state index contributed by atoms with van der Waals surface area (Å²) in [4.78, 5) is 29.9. The molecule has 0 aromatic heterocycles. The molecule has 0 radical (unpaired) electrons. The molecule has 0 aliphatic carbocycles. The van der Waals surface area contributed by atoms with Crippen LogP contribution in [0.15, 0.2) is 47.5 Å². The maximum atomic E-state index is 12.5. The van der Waals surface area contributed by atoms with Crippen LogP contribution in [0.2, 0.25) is 5.02 Å². The van der Waals surface area contributed by atoms with E-state index >= 15 is 0 Å². The number of aliphatic imine (C=N–C) groups is 1. The van der Waals surface area contributed by atoms with Gasteiger partial charge in [-0.3, -0.25) is 14.5 Å². The number of rotatable bonds is 8. The molecule has 9 heteroatoms. The molecule has 0 saturated heterocycles. The van der Waals surface area contributed by atoms with Gasteiger partial charge in [0.1, 0.15) is 6.42 Å². The number of thioether (sulfide) groups is 1. The molecular weight excluding hydrogens is 440 g/mol. The topological polar surface area (TPSA) is 88.4 Å². The Morgan fingerprint density at radius 1 is 1.13 bits per heavy atom. The van der Waals surface area contributed by atoms with Gasteiger partial charge in [0.25, 0.3) is 5.91 Å². The molecule has 164 valence electrons. The van der Waals surface area contributed by atoms with Crippen LogP contribution < -0.4 is 9.47 Å². The molecule has 0 fully saturated rings. The highest BCUT2D eigenvalue weighted by Crippen LogP contribution is 2.28. The average molecular weight is 463 g/mol. The van der Waals surface area contributed by atoms with Gasteiger partial charge < -0.3 is 14.6 Å². The number of ether oxygens (including phenoxy) is 2. The molecule has 1 aliphatic heterocycles. The van der Waals surface area contributed by atoms with Crippen molar-refractivity contribution in [3.8, 4) is 11.5 Å². The van der Waals surface area contributed by atoms with Crippen LogP contribution in [0.3, 0.4) is 0 Å². The van der Waals surface area contributed by atoms with Crippen molar-refractivity contribution in [2.45, 2.75) is 18.9 Å². The first-order chi connectivity index (χ1) is 14.9. The van der Waals surface area contributed by atoms with Crippen LogP contribution >= 0.6 is 23.4 Å². The zero-order valence-corrected chi connectivity index (χ0v) is 18.8. The number of benzene rings is 2. The fourth-order valence-electron chi connectivity index (χ4n) is 3.08. The maximum Gasteiger partial charge on any atom is 0.257 e. The van der Waals surface area contributed by atoms with Crippen LogP contribution in [0.1, 0.15) is 23.7 Å². The second-order valence-corrected chi connectivity index (χ2v) is 8.25. The molecule has 0 spiro atoms. The molecule has 1 aliphatic rings. The predicted molar refractivity (Wildman–Crippen MR) is 121 cm³/mol. The Hall–Kier alpha value is -2.55. The predicted octanol–water partition coefficient (Wildman–Crippen LogP) is 3.48. The summed E-state index contributed by atoms with van der Waals surface area (Å²) in [6, 6.07) is 12.4. The summed E-state index contributed by atoms with van der Waals surface area (Å²) in [7, 11) is 3.13. The Kier molecular flexibility index (Phi) is 7.95. The summed E-state index contributed by atoms with van der Waals surface area (Å²) in [5.41, 5.74) is 1.65. The van der Waals surface area contributed by atoms with Crippen molar-refractivity contribution in [1.82, 2.24) is 4.90 Å². The van der Waals surface area contributed by atoms with E-state index in [0.29, 0.717) is 40.2 Å². The zero-order chi connectivity index (χ0) is 22.4. The van der Waals surface area contributed by atoms with Gasteiger partial charge in [0.2, 0.25) is 5.91 Å². The van der Waals surface area contributed by atoms with Gasteiger partial charge in [0.05, 0.1) is 20.3 Å². The van der Waals surface area contributed by atoms with Crippen molar-refractivity contribution < 1.29 is 24.2 Å². The number of aliphatic hydroxyl groups excluding tert-OH is 1. The van der Waals surface area contributed by atoms with Crippen molar-refractivity contribution in [3.63, 3.8) is 0 Å². The molecule has 1 heterocycles. The number of nitrogens with zero attached hydrogens (tertiary/aromatic N) is 2. The van der Waals surface area contributed by atoms with Crippen LogP contribution in [0.5, 0.6) is 11.5 Å². The van der Waals surface area contributed by atoms with E-state index in [1.807, 2.05) is 18.2 Å². The van der Waals surface area contributed by atoms with E-state index in [0.717, 1.165) is 5.56 Å². The molecule has 1 atom stereocenters. The first-order valence-electron chi connectivity index (χ1n) is 9.60. The lowest BCUT2D eigenvalue weighted by molar-refractivity contribution is -0.133. The highest BCUT2D eigenvalue weighted by molar-refractivity contribution is 8.13. The first-order valence-corrected chi connectivity index (χ1v) is 11.0. The summed E-state index contributed by atoms with van der Waals surface area (Å²) < 4.78 is 10.6. The van der Waals surface area contributed by atoms with Crippen molar-refractivity contribution >= 4 is 40.3 Å². The van der Waals surface area contributed by atoms with Crippen molar-refractivity contribution in [1.29, 1.82) is 0 Å². The third-order valence-corrected chi connectivity index (χ3v) is 6.06. The minimum Gasteiger partial charge on any atom is -0.493 e. The maximum absolute atomic E-state index is 12.5. The number of hydrogen-bond donors (Lipinski definition) is 1. The van der Waals surface area contributed by atoms with Crippen LogP contribution in [-0.4, -0.2) is 53.5 Å². The van der Waals surface area contributed by atoms with Crippen LogP contribution in [0, 0.1) is 0 Å². The second-order valence-electron chi connectivity index (χ2n) is 6.83. The van der Waals surface area contributed by atoms with Crippen LogP contribution in [-0.2, 0) is 16.0 Å². The minimum absolute atomic E-state index is 0.244. The minimum atomic E-state index is -0.787. The largest absolute Gasteiger partial charge is 0.493 e. The quantitative estimate of drug-likeness (QED) is 0.604. The SMILES string of the molecule is COc1ccc(CCN2C(=O)CC(=O)N=C2SCC(O)c2ccc(Cl)cc2)cc1OC. The second kappa shape index (κ2) is 10.7. The van der Waals surface area contributed by atoms with Gasteiger partial charge in [-0.25, -0.2) is 0 Å². The van der Waals surface area contributed by atoms with Gasteiger partial charge >= 0.3 is 0 Å². The number of methoxy groups -OCH3 is 2. The van der Waals surface area contributed by atoms with E-state index < -0.39 is 12.0 Å². The summed E-state index contributed by atoms with van der Waals surface area (Å²) in [6.07, 6.45) is -0.500. The number of carbonyl (C=O) groups excluding carboxylic acids is 2. The summed E-state index contributed by atoms with van der Waals surface area (Å²) in [5.74, 6) is 0.697. The summed E-state index contributed by atoms with van der Waals surface area (Å²) >= 11 is 7.06. The normalized spacial score (nSPS) is 15.0. The summed E-state index contributed by atoms with van der Waals surface area (Å²) in [6.45, 7) is 0.352. The number of halogens is 1. The molecular formula is C22H23ClN2O5S. The first kappa shape index (κ1) is 23.1. The van der Waals surface area contributed by atoms with Crippen LogP contribution in [0.4, 0.5) is 0 Å². The third-order valence-electron chi connectivity index (χ3n) is 4.75. The molecule has 31 heavy (non-hydrogen) atoms. The summed E-state index contributed by atoms with van der Waals surface area (Å²) in [5, 5.41) is 11.3. The lowest BCUT2D eigenvalue weighted by Crippen LogP contribution is -2.41. The van der Waals surface area contributed by atoms with E-state index in [1.165, 1.54) is 16.7 Å². The molecule has 2 aromatic carbocycles. The number of carbonyl (C=O) groups is 2. The van der Waals surface area contributed by atoms with Gasteiger partial charge in [-0.05, 0) is 41.8 Å². The zero-order valence-electron chi connectivity index (χ0n) is 17.2. The van der Waals surface area contributed by atoms with Gasteiger partial charge in [0.15, 0.2) is 16.7 Å². The van der Waals surface area contributed by atoms with E-state index in [2.05, 4.69) is 4.99 Å². The monoisotopic (exact) mass is 462 g/mol. The third kappa shape index (κ3) is 6.00. The average Bonchev–Trinajstić information content (AvgIpc) is 2.76. The lowest BCUT2D eigenvalue weighted by atomic mass is 10.1. The van der Waals surface area contributed by atoms with Crippen molar-refractivity contribution in [2.24, 2.45) is 4.99 Å². The molecule has 7 nitrogen and oxygen atoms in total. The van der Waals surface area contributed by atoms with Crippen molar-refractivity contribution in [2.75, 3.05) is 26.5 Å². The Balaban J connectivity index is 1.67. The lowest BCUT2D eigenvalue weighted by Gasteiger charge is -2.27. The molecule has 0 saturated carbocycles. The molecule has 1 N–H and O–H groups in total. The van der Waals surface area contributed by atoms with E-state index in [-0.39, 0.29) is 18.1 Å². The molecule has 2 amide bonds. The van der Waals surface area contributed by atoms with Gasteiger partial charge in [-0.1, -0.05) is 41.6 Å². The standard InChI is InChI=1S/C22H23ClN2O5S/c1-29-18-8-3-14(11-19(18)30-2)9-10-25-21(28)12-20(27)24-22(25)31-13-17(26)15-4-6-16(23)7-5-15/h3-8,11,17,26H,9-10,12-13H2,1-2H3. The fraction of sp³-hybridized carbons (Fsp3) is 0.318. The number of amidine groups is 1. The number of aliphatic hydroxyl groups is 1. The molecule has 2 aromatic rings. The Bertz CT molecular complexity index is 980. The van der Waals surface area contributed by atoms with Gasteiger partial charge in [0, 0.05) is 17.3 Å². The molecule has 0 bridgehead atoms. The highest BCUT2D eigenvalue weighted by Gasteiger charge is 2.28. The number of amides is 2. The molecule has 1 unspecified atom stereocenters.